The summed E-state index contributed by atoms with van der Waals surface area (Å²) in [5.74, 6) is 0. The molecular formula is C7H17O2P2+. The average Bonchev–Trinajstić information content (AvgIpc) is 1.82. The summed E-state index contributed by atoms with van der Waals surface area (Å²) in [4.78, 5) is 0. The van der Waals surface area contributed by atoms with Crippen molar-refractivity contribution in [1.82, 2.24) is 0 Å². The van der Waals surface area contributed by atoms with E-state index < -0.39 is 14.9 Å². The number of hydrogen-bond acceptors (Lipinski definition) is 2. The van der Waals surface area contributed by atoms with Crippen LogP contribution < -0.4 is 0 Å². The molecule has 0 aliphatic carbocycles. The van der Waals surface area contributed by atoms with Gasteiger partial charge in [-0.15, -0.1) is 0 Å². The first-order valence-corrected chi connectivity index (χ1v) is 8.16. The first-order valence-electron chi connectivity index (χ1n) is 3.71. The Bertz CT molecular complexity index is 195. The van der Waals surface area contributed by atoms with Gasteiger partial charge < -0.3 is 4.57 Å². The molecule has 0 saturated heterocycles. The van der Waals surface area contributed by atoms with Crippen LogP contribution in [0.2, 0.25) is 0 Å². The lowest BCUT2D eigenvalue weighted by atomic mass is 10.4. The zero-order chi connectivity index (χ0) is 9.23. The van der Waals surface area contributed by atoms with Crippen molar-refractivity contribution in [2.45, 2.75) is 25.2 Å². The van der Waals surface area contributed by atoms with E-state index in [-0.39, 0.29) is 11.3 Å². The van der Waals surface area contributed by atoms with E-state index in [0.29, 0.717) is 0 Å². The third-order valence-corrected chi connectivity index (χ3v) is 6.49. The molecule has 0 bridgehead atoms. The predicted octanol–water partition coefficient (Wildman–Crippen LogP) is 2.84. The lowest BCUT2D eigenvalue weighted by Crippen LogP contribution is -2.15. The highest BCUT2D eigenvalue weighted by Gasteiger charge is 2.33. The highest BCUT2D eigenvalue weighted by Crippen LogP contribution is 2.48. The van der Waals surface area contributed by atoms with Crippen LogP contribution in [0, 0.1) is 0 Å². The van der Waals surface area contributed by atoms with Gasteiger partial charge >= 0.3 is 7.80 Å². The van der Waals surface area contributed by atoms with Crippen molar-refractivity contribution in [1.29, 1.82) is 0 Å². The molecule has 0 fully saturated rings. The van der Waals surface area contributed by atoms with Crippen LogP contribution >= 0.6 is 14.9 Å². The van der Waals surface area contributed by atoms with Gasteiger partial charge in [-0.25, -0.2) is 0 Å². The highest BCUT2D eigenvalue weighted by atomic mass is 31.2. The Morgan fingerprint density at radius 1 is 1.27 bits per heavy atom. The SMILES string of the molecule is CC(C(C)P(C)(C)=O)[P+](C)=O. The van der Waals surface area contributed by atoms with Crippen LogP contribution in [-0.2, 0) is 9.13 Å². The van der Waals surface area contributed by atoms with Gasteiger partial charge in [-0.2, -0.15) is 0 Å². The molecule has 0 N–H and O–H groups in total. The van der Waals surface area contributed by atoms with Gasteiger partial charge in [0.05, 0.1) is 12.8 Å². The molecule has 0 radical (unpaired) electrons. The van der Waals surface area contributed by atoms with E-state index in [1.807, 2.05) is 13.8 Å². The van der Waals surface area contributed by atoms with Gasteiger partial charge in [0, 0.05) is 0 Å². The molecule has 0 aromatic heterocycles. The first kappa shape index (κ1) is 11.3. The molecule has 0 aromatic carbocycles. The van der Waals surface area contributed by atoms with Crippen molar-refractivity contribution < 1.29 is 9.13 Å². The Morgan fingerprint density at radius 3 is 1.73 bits per heavy atom. The van der Waals surface area contributed by atoms with Crippen molar-refractivity contribution >= 4 is 14.9 Å². The van der Waals surface area contributed by atoms with Crippen molar-refractivity contribution in [3.63, 3.8) is 0 Å². The second-order valence-corrected chi connectivity index (χ2v) is 9.05. The van der Waals surface area contributed by atoms with Crippen LogP contribution in [0.4, 0.5) is 0 Å². The summed E-state index contributed by atoms with van der Waals surface area (Å²) in [5.41, 5.74) is 0.155. The van der Waals surface area contributed by atoms with E-state index in [4.69, 9.17) is 0 Å². The zero-order valence-electron chi connectivity index (χ0n) is 7.87. The third kappa shape index (κ3) is 3.49. The fraction of sp³-hybridized carbons (Fsp3) is 1.00. The van der Waals surface area contributed by atoms with Crippen molar-refractivity contribution in [3.05, 3.63) is 0 Å². The second kappa shape index (κ2) is 3.83. The molecule has 0 saturated carbocycles. The van der Waals surface area contributed by atoms with Crippen LogP contribution in [0.1, 0.15) is 13.8 Å². The molecule has 0 heterocycles. The predicted molar refractivity (Wildman–Crippen MR) is 51.9 cm³/mol. The molecule has 0 aromatic rings. The molecule has 66 valence electrons. The molecule has 11 heavy (non-hydrogen) atoms. The number of rotatable bonds is 3. The smallest absolute Gasteiger partial charge is 0.324 e. The van der Waals surface area contributed by atoms with Gasteiger partial charge in [0.1, 0.15) is 6.66 Å². The lowest BCUT2D eigenvalue weighted by molar-refractivity contribution is 0.564. The van der Waals surface area contributed by atoms with Gasteiger partial charge in [0.2, 0.25) is 0 Å². The normalized spacial score (nSPS) is 19.2. The monoisotopic (exact) mass is 195 g/mol. The van der Waals surface area contributed by atoms with E-state index >= 15 is 0 Å². The second-order valence-electron chi connectivity index (χ2n) is 3.46. The Balaban J connectivity index is 4.38. The lowest BCUT2D eigenvalue weighted by Gasteiger charge is -2.15. The van der Waals surface area contributed by atoms with Gasteiger partial charge in [-0.3, -0.25) is 0 Å². The van der Waals surface area contributed by atoms with E-state index in [1.165, 1.54) is 0 Å². The molecule has 3 unspecified atom stereocenters. The minimum absolute atomic E-state index is 0.0748. The molecular weight excluding hydrogens is 178 g/mol. The molecule has 0 rings (SSSR count). The minimum Gasteiger partial charge on any atom is -0.324 e. The maximum absolute atomic E-state index is 11.5. The average molecular weight is 195 g/mol. The van der Waals surface area contributed by atoms with Crippen LogP contribution in [0.3, 0.4) is 0 Å². The van der Waals surface area contributed by atoms with Crippen molar-refractivity contribution in [2.24, 2.45) is 0 Å². The molecule has 0 aliphatic heterocycles. The van der Waals surface area contributed by atoms with Crippen LogP contribution in [0.25, 0.3) is 0 Å². The molecule has 0 aliphatic rings. The summed E-state index contributed by atoms with van der Waals surface area (Å²) in [6.45, 7) is 9.04. The molecule has 0 amide bonds. The topological polar surface area (TPSA) is 34.1 Å². The summed E-state index contributed by atoms with van der Waals surface area (Å²) in [6.07, 6.45) is 0. The summed E-state index contributed by atoms with van der Waals surface area (Å²) in [5, 5.41) is 0. The zero-order valence-corrected chi connectivity index (χ0v) is 9.65. The fourth-order valence-electron chi connectivity index (χ4n) is 0.823. The maximum atomic E-state index is 11.5. The van der Waals surface area contributed by atoms with E-state index in [9.17, 15) is 9.13 Å². The minimum atomic E-state index is -2.05. The van der Waals surface area contributed by atoms with Gasteiger partial charge in [0.25, 0.3) is 0 Å². The Labute approximate surface area is 69.9 Å². The summed E-state index contributed by atoms with van der Waals surface area (Å²) in [6, 6.07) is 0. The van der Waals surface area contributed by atoms with Gasteiger partial charge in [-0.1, -0.05) is 11.5 Å². The van der Waals surface area contributed by atoms with Crippen LogP contribution in [-0.4, -0.2) is 31.3 Å². The number of hydrogen-bond donors (Lipinski definition) is 0. The fourth-order valence-corrected chi connectivity index (χ4v) is 4.00. The largest absolute Gasteiger partial charge is 0.339 e. The van der Waals surface area contributed by atoms with Crippen LogP contribution in [0.5, 0.6) is 0 Å². The van der Waals surface area contributed by atoms with Crippen LogP contribution in [0.15, 0.2) is 0 Å². The molecule has 4 heteroatoms. The van der Waals surface area contributed by atoms with E-state index in [1.54, 1.807) is 20.0 Å². The van der Waals surface area contributed by atoms with Crippen molar-refractivity contribution in [3.8, 4) is 0 Å². The molecule has 0 spiro atoms. The Kier molecular flexibility index (Phi) is 3.94. The standard InChI is InChI=1S/C7H17O2P2/c1-6(10(3)8)7(2)11(4,5)9/h6-7H,1-5H3/q+1. The molecule has 2 nitrogen and oxygen atoms in total. The Morgan fingerprint density at radius 2 is 1.64 bits per heavy atom. The Hall–Kier alpha value is 0.330. The third-order valence-electron chi connectivity index (χ3n) is 2.25. The van der Waals surface area contributed by atoms with E-state index in [0.717, 1.165) is 0 Å². The summed E-state index contributed by atoms with van der Waals surface area (Å²) >= 11 is 0. The maximum Gasteiger partial charge on any atom is 0.339 e. The van der Waals surface area contributed by atoms with Crippen molar-refractivity contribution in [2.75, 3.05) is 20.0 Å². The van der Waals surface area contributed by atoms with E-state index in [2.05, 4.69) is 0 Å². The quantitative estimate of drug-likeness (QED) is 0.649. The molecule has 3 atom stereocenters. The first-order chi connectivity index (χ1) is 4.76. The highest BCUT2D eigenvalue weighted by molar-refractivity contribution is 7.64. The summed E-state index contributed by atoms with van der Waals surface area (Å²) in [7, 11) is -3.24. The summed E-state index contributed by atoms with van der Waals surface area (Å²) < 4.78 is 22.6. The van der Waals surface area contributed by atoms with Gasteiger partial charge in [0.15, 0.2) is 5.66 Å². The van der Waals surface area contributed by atoms with Gasteiger partial charge in [-0.05, 0) is 20.3 Å².